The lowest BCUT2D eigenvalue weighted by molar-refractivity contribution is -0.123. The summed E-state index contributed by atoms with van der Waals surface area (Å²) in [5.41, 5.74) is 5.26. The molecule has 0 bridgehead atoms. The van der Waals surface area contributed by atoms with Crippen molar-refractivity contribution in [3.63, 3.8) is 0 Å². The Balaban J connectivity index is 2.40. The third kappa shape index (κ3) is 3.08. The zero-order valence-electron chi connectivity index (χ0n) is 8.05. The van der Waals surface area contributed by atoms with Crippen LogP contribution in [-0.4, -0.2) is 30.4 Å². The minimum Gasteiger partial charge on any atom is -0.369 e. The van der Waals surface area contributed by atoms with E-state index < -0.39 is 0 Å². The molecule has 3 heteroatoms. The number of primary amides is 1. The summed E-state index contributed by atoms with van der Waals surface area (Å²) >= 11 is 0. The molecule has 1 heterocycles. The molecule has 1 rings (SSSR count). The molecule has 1 amide bonds. The Kier molecular flexibility index (Phi) is 3.78. The SMILES string of the molecule is CC#CCN1CCCC(C(N)=O)C1. The molecule has 0 aromatic rings. The summed E-state index contributed by atoms with van der Waals surface area (Å²) in [5, 5.41) is 0. The van der Waals surface area contributed by atoms with Gasteiger partial charge in [0.1, 0.15) is 0 Å². The van der Waals surface area contributed by atoms with Crippen molar-refractivity contribution in [1.29, 1.82) is 0 Å². The summed E-state index contributed by atoms with van der Waals surface area (Å²) in [6.45, 7) is 4.41. The summed E-state index contributed by atoms with van der Waals surface area (Å²) in [5.74, 6) is 5.72. The highest BCUT2D eigenvalue weighted by Crippen LogP contribution is 2.15. The van der Waals surface area contributed by atoms with E-state index in [1.807, 2.05) is 6.92 Å². The van der Waals surface area contributed by atoms with Crippen LogP contribution in [0, 0.1) is 17.8 Å². The maximum absolute atomic E-state index is 10.9. The van der Waals surface area contributed by atoms with Crippen LogP contribution in [0.1, 0.15) is 19.8 Å². The first-order chi connectivity index (χ1) is 6.24. The van der Waals surface area contributed by atoms with E-state index in [9.17, 15) is 4.79 Å². The molecule has 1 unspecified atom stereocenters. The van der Waals surface area contributed by atoms with Gasteiger partial charge < -0.3 is 5.73 Å². The van der Waals surface area contributed by atoms with Crippen LogP contribution in [0.4, 0.5) is 0 Å². The predicted molar refractivity (Wildman–Crippen MR) is 51.8 cm³/mol. The lowest BCUT2D eigenvalue weighted by Gasteiger charge is -2.29. The lowest BCUT2D eigenvalue weighted by Crippen LogP contribution is -2.41. The molecule has 0 radical (unpaired) electrons. The maximum atomic E-state index is 10.9. The number of rotatable bonds is 2. The van der Waals surface area contributed by atoms with E-state index in [-0.39, 0.29) is 11.8 Å². The molecule has 1 atom stereocenters. The molecule has 0 spiro atoms. The molecule has 0 aliphatic carbocycles. The molecule has 3 nitrogen and oxygen atoms in total. The Morgan fingerprint density at radius 1 is 1.69 bits per heavy atom. The van der Waals surface area contributed by atoms with Gasteiger partial charge in [-0.3, -0.25) is 9.69 Å². The minimum absolute atomic E-state index is 0.0346. The third-order valence-corrected chi connectivity index (χ3v) is 2.39. The van der Waals surface area contributed by atoms with E-state index in [1.54, 1.807) is 0 Å². The first-order valence-corrected chi connectivity index (χ1v) is 4.65. The minimum atomic E-state index is -0.172. The number of carbonyl (C=O) groups is 1. The van der Waals surface area contributed by atoms with Gasteiger partial charge >= 0.3 is 0 Å². The van der Waals surface area contributed by atoms with Crippen molar-refractivity contribution in [2.45, 2.75) is 19.8 Å². The van der Waals surface area contributed by atoms with Crippen molar-refractivity contribution in [2.75, 3.05) is 19.6 Å². The van der Waals surface area contributed by atoms with Crippen LogP contribution < -0.4 is 5.73 Å². The normalized spacial score (nSPS) is 23.3. The van der Waals surface area contributed by atoms with Crippen molar-refractivity contribution in [3.05, 3.63) is 0 Å². The Morgan fingerprint density at radius 2 is 2.46 bits per heavy atom. The van der Waals surface area contributed by atoms with E-state index in [4.69, 9.17) is 5.73 Å². The zero-order chi connectivity index (χ0) is 9.68. The summed E-state index contributed by atoms with van der Waals surface area (Å²) in [6.07, 6.45) is 1.99. The van der Waals surface area contributed by atoms with E-state index >= 15 is 0 Å². The summed E-state index contributed by atoms with van der Waals surface area (Å²) in [6, 6.07) is 0. The summed E-state index contributed by atoms with van der Waals surface area (Å²) in [7, 11) is 0. The number of nitrogens with zero attached hydrogens (tertiary/aromatic N) is 1. The summed E-state index contributed by atoms with van der Waals surface area (Å²) < 4.78 is 0. The average molecular weight is 180 g/mol. The van der Waals surface area contributed by atoms with Crippen LogP contribution in [0.25, 0.3) is 0 Å². The monoisotopic (exact) mass is 180 g/mol. The van der Waals surface area contributed by atoms with Crippen LogP contribution in [0.3, 0.4) is 0 Å². The number of hydrogen-bond donors (Lipinski definition) is 1. The van der Waals surface area contributed by atoms with Gasteiger partial charge in [-0.05, 0) is 26.3 Å². The second-order valence-electron chi connectivity index (χ2n) is 3.40. The highest BCUT2D eigenvalue weighted by molar-refractivity contribution is 5.76. The van der Waals surface area contributed by atoms with Gasteiger partial charge in [-0.1, -0.05) is 5.92 Å². The van der Waals surface area contributed by atoms with Crippen LogP contribution in [0.5, 0.6) is 0 Å². The fraction of sp³-hybridized carbons (Fsp3) is 0.700. The Bertz CT molecular complexity index is 239. The standard InChI is InChI=1S/C10H16N2O/c1-2-3-6-12-7-4-5-9(8-12)10(11)13/h9H,4-8H2,1H3,(H2,11,13). The Hall–Kier alpha value is -1.01. The fourth-order valence-corrected chi connectivity index (χ4v) is 1.62. The van der Waals surface area contributed by atoms with Crippen LogP contribution >= 0.6 is 0 Å². The Morgan fingerprint density at radius 3 is 3.08 bits per heavy atom. The maximum Gasteiger partial charge on any atom is 0.221 e. The number of piperidine rings is 1. The molecular weight excluding hydrogens is 164 g/mol. The summed E-state index contributed by atoms with van der Waals surface area (Å²) in [4.78, 5) is 13.1. The van der Waals surface area contributed by atoms with E-state index in [0.717, 1.165) is 32.5 Å². The molecule has 2 N–H and O–H groups in total. The van der Waals surface area contributed by atoms with Crippen LogP contribution in [0.2, 0.25) is 0 Å². The number of carbonyl (C=O) groups excluding carboxylic acids is 1. The van der Waals surface area contributed by atoms with Gasteiger partial charge in [0.2, 0.25) is 5.91 Å². The van der Waals surface area contributed by atoms with Crippen LogP contribution in [0.15, 0.2) is 0 Å². The zero-order valence-corrected chi connectivity index (χ0v) is 8.05. The molecule has 1 saturated heterocycles. The second kappa shape index (κ2) is 4.88. The van der Waals surface area contributed by atoms with Crippen molar-refractivity contribution >= 4 is 5.91 Å². The third-order valence-electron chi connectivity index (χ3n) is 2.39. The predicted octanol–water partition coefficient (Wildman–Crippen LogP) is 0.207. The molecule has 1 aliphatic rings. The quantitative estimate of drug-likeness (QED) is 0.617. The van der Waals surface area contributed by atoms with E-state index in [0.29, 0.717) is 0 Å². The van der Waals surface area contributed by atoms with E-state index in [1.165, 1.54) is 0 Å². The average Bonchev–Trinajstić information content (AvgIpc) is 2.15. The highest BCUT2D eigenvalue weighted by Gasteiger charge is 2.22. The highest BCUT2D eigenvalue weighted by atomic mass is 16.1. The number of likely N-dealkylation sites (tertiary alicyclic amines) is 1. The first-order valence-electron chi connectivity index (χ1n) is 4.65. The van der Waals surface area contributed by atoms with Crippen molar-refractivity contribution in [3.8, 4) is 11.8 Å². The molecule has 1 fully saturated rings. The molecule has 0 aromatic carbocycles. The van der Waals surface area contributed by atoms with Gasteiger partial charge in [0.15, 0.2) is 0 Å². The van der Waals surface area contributed by atoms with Crippen molar-refractivity contribution < 1.29 is 4.79 Å². The fourth-order valence-electron chi connectivity index (χ4n) is 1.62. The second-order valence-corrected chi connectivity index (χ2v) is 3.40. The van der Waals surface area contributed by atoms with Crippen molar-refractivity contribution in [1.82, 2.24) is 4.90 Å². The van der Waals surface area contributed by atoms with Gasteiger partial charge in [-0.25, -0.2) is 0 Å². The van der Waals surface area contributed by atoms with Gasteiger partial charge in [-0.2, -0.15) is 0 Å². The number of amides is 1. The molecule has 13 heavy (non-hydrogen) atoms. The smallest absolute Gasteiger partial charge is 0.221 e. The van der Waals surface area contributed by atoms with Crippen molar-refractivity contribution in [2.24, 2.45) is 11.7 Å². The molecular formula is C10H16N2O. The lowest BCUT2D eigenvalue weighted by atomic mass is 9.98. The van der Waals surface area contributed by atoms with Crippen LogP contribution in [-0.2, 0) is 4.79 Å². The van der Waals surface area contributed by atoms with Gasteiger partial charge in [-0.15, -0.1) is 5.92 Å². The number of nitrogens with two attached hydrogens (primary N) is 1. The largest absolute Gasteiger partial charge is 0.369 e. The molecule has 0 aromatic heterocycles. The van der Waals surface area contributed by atoms with Gasteiger partial charge in [0, 0.05) is 6.54 Å². The van der Waals surface area contributed by atoms with Gasteiger partial charge in [0.05, 0.1) is 12.5 Å². The van der Waals surface area contributed by atoms with Gasteiger partial charge in [0.25, 0.3) is 0 Å². The topological polar surface area (TPSA) is 46.3 Å². The molecule has 1 aliphatic heterocycles. The first kappa shape index (κ1) is 10.1. The number of hydrogen-bond acceptors (Lipinski definition) is 2. The Labute approximate surface area is 79.3 Å². The van der Waals surface area contributed by atoms with E-state index in [2.05, 4.69) is 16.7 Å². The molecule has 72 valence electrons. The molecule has 0 saturated carbocycles.